The van der Waals surface area contributed by atoms with E-state index < -0.39 is 11.5 Å². The number of benzene rings is 1. The maximum atomic E-state index is 11.3. The van der Waals surface area contributed by atoms with E-state index in [0.29, 0.717) is 11.7 Å². The molecule has 1 N–H and O–H groups in total. The first-order valence-corrected chi connectivity index (χ1v) is 7.10. The van der Waals surface area contributed by atoms with Gasteiger partial charge in [0.15, 0.2) is 0 Å². The third-order valence-corrected chi connectivity index (χ3v) is 4.21. The zero-order chi connectivity index (χ0) is 15.8. The largest absolute Gasteiger partial charge is 0.480 e. The van der Waals surface area contributed by atoms with Crippen LogP contribution in [0.2, 0.25) is 5.15 Å². The average molecular weight is 307 g/mol. The number of likely N-dealkylation sites (N-methyl/N-ethyl adjacent to an activating group) is 1. The molecular formula is C16H19ClN2O2. The first-order chi connectivity index (χ1) is 9.71. The van der Waals surface area contributed by atoms with Gasteiger partial charge in [-0.15, -0.1) is 0 Å². The van der Waals surface area contributed by atoms with Crippen LogP contribution in [-0.4, -0.2) is 33.5 Å². The summed E-state index contributed by atoms with van der Waals surface area (Å²) in [5, 5.41) is 10.7. The lowest BCUT2D eigenvalue weighted by Crippen LogP contribution is -2.47. The molecule has 0 radical (unpaired) electrons. The van der Waals surface area contributed by atoms with Gasteiger partial charge in [-0.3, -0.25) is 9.69 Å². The van der Waals surface area contributed by atoms with E-state index in [1.165, 1.54) is 0 Å². The van der Waals surface area contributed by atoms with Gasteiger partial charge < -0.3 is 5.11 Å². The van der Waals surface area contributed by atoms with Gasteiger partial charge in [0.1, 0.15) is 10.7 Å². The lowest BCUT2D eigenvalue weighted by atomic mass is 10.0. The standard InChI is InChI=1S/C16H19ClN2O2/c1-10-5-6-11-8-12(14(17)18-13(11)7-10)9-19(4)16(2,3)15(20)21/h5-8H,9H2,1-4H3,(H,20,21). The molecule has 0 aliphatic rings. The molecule has 0 unspecified atom stereocenters. The fraction of sp³-hybridized carbons (Fsp3) is 0.375. The van der Waals surface area contributed by atoms with Crippen LogP contribution in [0, 0.1) is 6.92 Å². The second kappa shape index (κ2) is 5.62. The van der Waals surface area contributed by atoms with Crippen LogP contribution in [-0.2, 0) is 11.3 Å². The molecule has 1 heterocycles. The van der Waals surface area contributed by atoms with E-state index in [0.717, 1.165) is 22.0 Å². The Labute approximate surface area is 129 Å². The van der Waals surface area contributed by atoms with Crippen molar-refractivity contribution in [2.24, 2.45) is 0 Å². The number of hydrogen-bond donors (Lipinski definition) is 1. The number of aryl methyl sites for hydroxylation is 1. The van der Waals surface area contributed by atoms with Crippen LogP contribution in [0.3, 0.4) is 0 Å². The fourth-order valence-electron chi connectivity index (χ4n) is 2.02. The molecule has 0 aliphatic carbocycles. The van der Waals surface area contributed by atoms with Crippen molar-refractivity contribution in [1.82, 2.24) is 9.88 Å². The van der Waals surface area contributed by atoms with E-state index in [9.17, 15) is 9.90 Å². The van der Waals surface area contributed by atoms with Gasteiger partial charge in [0.05, 0.1) is 5.52 Å². The predicted molar refractivity (Wildman–Crippen MR) is 84.7 cm³/mol. The number of rotatable bonds is 4. The number of carboxylic acid groups (broad SMARTS) is 1. The highest BCUT2D eigenvalue weighted by atomic mass is 35.5. The lowest BCUT2D eigenvalue weighted by molar-refractivity contribution is -0.148. The first-order valence-electron chi connectivity index (χ1n) is 6.72. The zero-order valence-corrected chi connectivity index (χ0v) is 13.4. The Kier molecular flexibility index (Phi) is 4.21. The molecule has 0 saturated carbocycles. The molecule has 112 valence electrons. The van der Waals surface area contributed by atoms with E-state index >= 15 is 0 Å². The third-order valence-electron chi connectivity index (χ3n) is 3.88. The summed E-state index contributed by atoms with van der Waals surface area (Å²) >= 11 is 6.24. The molecule has 0 amide bonds. The Hall–Kier alpha value is -1.65. The van der Waals surface area contributed by atoms with Crippen LogP contribution >= 0.6 is 11.6 Å². The van der Waals surface area contributed by atoms with E-state index in [1.807, 2.05) is 31.2 Å². The van der Waals surface area contributed by atoms with Crippen LogP contribution < -0.4 is 0 Å². The number of nitrogens with zero attached hydrogens (tertiary/aromatic N) is 2. The van der Waals surface area contributed by atoms with Gasteiger partial charge in [0.25, 0.3) is 0 Å². The maximum absolute atomic E-state index is 11.3. The highest BCUT2D eigenvalue weighted by Gasteiger charge is 2.32. The summed E-state index contributed by atoms with van der Waals surface area (Å²) in [5.74, 6) is -0.870. The summed E-state index contributed by atoms with van der Waals surface area (Å²) < 4.78 is 0. The summed E-state index contributed by atoms with van der Waals surface area (Å²) in [4.78, 5) is 17.5. The van der Waals surface area contributed by atoms with Crippen molar-refractivity contribution in [3.8, 4) is 0 Å². The lowest BCUT2D eigenvalue weighted by Gasteiger charge is -2.31. The molecular weight excluding hydrogens is 288 g/mol. The van der Waals surface area contributed by atoms with Crippen LogP contribution in [0.15, 0.2) is 24.3 Å². The van der Waals surface area contributed by atoms with Crippen LogP contribution in [0.4, 0.5) is 0 Å². The zero-order valence-electron chi connectivity index (χ0n) is 12.6. The number of carbonyl (C=O) groups is 1. The Bertz CT molecular complexity index is 698. The van der Waals surface area contributed by atoms with Crippen molar-refractivity contribution in [2.45, 2.75) is 32.9 Å². The molecule has 0 fully saturated rings. The highest BCUT2D eigenvalue weighted by molar-refractivity contribution is 6.30. The summed E-state index contributed by atoms with van der Waals surface area (Å²) in [6, 6.07) is 7.97. The summed E-state index contributed by atoms with van der Waals surface area (Å²) in [7, 11) is 1.77. The van der Waals surface area contributed by atoms with Crippen molar-refractivity contribution in [1.29, 1.82) is 0 Å². The quantitative estimate of drug-likeness (QED) is 0.879. The third kappa shape index (κ3) is 3.17. The molecule has 2 rings (SSSR count). The Balaban J connectivity index is 2.37. The number of aromatic nitrogens is 1. The van der Waals surface area contributed by atoms with Gasteiger partial charge in [-0.2, -0.15) is 0 Å². The normalized spacial score (nSPS) is 12.1. The molecule has 1 aromatic heterocycles. The van der Waals surface area contributed by atoms with Gasteiger partial charge in [-0.25, -0.2) is 4.98 Å². The van der Waals surface area contributed by atoms with E-state index in [2.05, 4.69) is 4.98 Å². The molecule has 0 spiro atoms. The van der Waals surface area contributed by atoms with Gasteiger partial charge in [-0.05, 0) is 45.5 Å². The first kappa shape index (κ1) is 15.7. The Morgan fingerprint density at radius 2 is 2.05 bits per heavy atom. The van der Waals surface area contributed by atoms with Crippen LogP contribution in [0.1, 0.15) is 25.0 Å². The molecule has 0 saturated heterocycles. The number of aliphatic carboxylic acids is 1. The molecule has 21 heavy (non-hydrogen) atoms. The molecule has 5 heteroatoms. The minimum Gasteiger partial charge on any atom is -0.480 e. The second-order valence-electron chi connectivity index (χ2n) is 5.85. The van der Waals surface area contributed by atoms with Crippen molar-refractivity contribution in [3.63, 3.8) is 0 Å². The number of halogens is 1. The molecule has 0 bridgehead atoms. The van der Waals surface area contributed by atoms with Crippen molar-refractivity contribution in [2.75, 3.05) is 7.05 Å². The topological polar surface area (TPSA) is 53.4 Å². The fourth-order valence-corrected chi connectivity index (χ4v) is 2.23. The molecule has 2 aromatic rings. The van der Waals surface area contributed by atoms with Crippen molar-refractivity contribution >= 4 is 28.5 Å². The molecule has 4 nitrogen and oxygen atoms in total. The summed E-state index contributed by atoms with van der Waals surface area (Å²) in [6.07, 6.45) is 0. The number of pyridine rings is 1. The van der Waals surface area contributed by atoms with Crippen LogP contribution in [0.25, 0.3) is 10.9 Å². The van der Waals surface area contributed by atoms with Gasteiger partial charge in [0.2, 0.25) is 0 Å². The summed E-state index contributed by atoms with van der Waals surface area (Å²) in [5.41, 5.74) is 1.84. The molecule has 1 aromatic carbocycles. The average Bonchev–Trinajstić information content (AvgIpc) is 2.39. The minimum absolute atomic E-state index is 0.418. The number of carboxylic acids is 1. The SMILES string of the molecule is Cc1ccc2cc(CN(C)C(C)(C)C(=O)O)c(Cl)nc2c1. The molecule has 0 atom stereocenters. The van der Waals surface area contributed by atoms with Crippen molar-refractivity contribution < 1.29 is 9.90 Å². The summed E-state index contributed by atoms with van der Waals surface area (Å²) in [6.45, 7) is 5.77. The van der Waals surface area contributed by atoms with E-state index in [4.69, 9.17) is 11.6 Å². The van der Waals surface area contributed by atoms with Crippen LogP contribution in [0.5, 0.6) is 0 Å². The second-order valence-corrected chi connectivity index (χ2v) is 6.21. The van der Waals surface area contributed by atoms with Gasteiger partial charge in [-0.1, -0.05) is 23.7 Å². The minimum atomic E-state index is -0.967. The number of hydrogen-bond acceptors (Lipinski definition) is 3. The highest BCUT2D eigenvalue weighted by Crippen LogP contribution is 2.24. The number of fused-ring (bicyclic) bond motifs is 1. The van der Waals surface area contributed by atoms with Gasteiger partial charge in [0, 0.05) is 17.5 Å². The van der Waals surface area contributed by atoms with Crippen molar-refractivity contribution in [3.05, 3.63) is 40.5 Å². The Morgan fingerprint density at radius 1 is 1.38 bits per heavy atom. The maximum Gasteiger partial charge on any atom is 0.323 e. The predicted octanol–water partition coefficient (Wildman–Crippen LogP) is 3.49. The Morgan fingerprint density at radius 3 is 2.67 bits per heavy atom. The molecule has 0 aliphatic heterocycles. The smallest absolute Gasteiger partial charge is 0.323 e. The van der Waals surface area contributed by atoms with E-state index in [1.54, 1.807) is 25.8 Å². The monoisotopic (exact) mass is 306 g/mol. The van der Waals surface area contributed by atoms with Gasteiger partial charge >= 0.3 is 5.97 Å². The van der Waals surface area contributed by atoms with E-state index in [-0.39, 0.29) is 0 Å².